The maximum atomic E-state index is 11.8. The van der Waals surface area contributed by atoms with E-state index in [1.165, 1.54) is 18.2 Å². The molecule has 2 aromatic rings. The number of rotatable bonds is 2. The third kappa shape index (κ3) is 2.36. The molecule has 0 aliphatic heterocycles. The minimum absolute atomic E-state index is 0.128. The predicted molar refractivity (Wildman–Crippen MR) is 79.0 cm³/mol. The summed E-state index contributed by atoms with van der Waals surface area (Å²) in [7, 11) is 0. The summed E-state index contributed by atoms with van der Waals surface area (Å²) in [4.78, 5) is 23.2. The van der Waals surface area contributed by atoms with Gasteiger partial charge >= 0.3 is 0 Å². The van der Waals surface area contributed by atoms with E-state index in [9.17, 15) is 9.59 Å². The van der Waals surface area contributed by atoms with E-state index in [1.54, 1.807) is 0 Å². The number of carbonyl (C=O) groups excluding carboxylic acids is 2. The van der Waals surface area contributed by atoms with Crippen LogP contribution in [-0.4, -0.2) is 11.6 Å². The molecule has 0 bridgehead atoms. The van der Waals surface area contributed by atoms with Crippen LogP contribution in [0, 0.1) is 0 Å². The molecule has 0 aromatic heterocycles. The van der Waals surface area contributed by atoms with Crippen molar-refractivity contribution in [3.8, 4) is 11.1 Å². The standard InChI is InChI=1S/C18H12O2/c19-16-10-11-18(20)17(12-16)15-8-6-14(7-9-15)13-4-2-1-3-5-13/h1-12H. The Morgan fingerprint density at radius 2 is 1.20 bits per heavy atom. The summed E-state index contributed by atoms with van der Waals surface area (Å²) in [5.41, 5.74) is 3.43. The fourth-order valence-electron chi connectivity index (χ4n) is 2.21. The summed E-state index contributed by atoms with van der Waals surface area (Å²) < 4.78 is 0. The van der Waals surface area contributed by atoms with Gasteiger partial charge in [-0.05, 0) is 34.9 Å². The molecule has 3 rings (SSSR count). The summed E-state index contributed by atoms with van der Waals surface area (Å²) in [5.74, 6) is -0.274. The maximum absolute atomic E-state index is 11.8. The third-order valence-electron chi connectivity index (χ3n) is 3.25. The lowest BCUT2D eigenvalue weighted by molar-refractivity contribution is -0.113. The SMILES string of the molecule is O=C1C=CC(=O)C(c2ccc(-c3ccccc3)cc2)=C1. The molecule has 0 amide bonds. The Balaban J connectivity index is 1.95. The molecule has 96 valence electrons. The van der Waals surface area contributed by atoms with Crippen molar-refractivity contribution in [3.05, 3.63) is 78.4 Å². The maximum Gasteiger partial charge on any atom is 0.186 e. The van der Waals surface area contributed by atoms with E-state index in [-0.39, 0.29) is 11.6 Å². The van der Waals surface area contributed by atoms with Crippen LogP contribution >= 0.6 is 0 Å². The van der Waals surface area contributed by atoms with Gasteiger partial charge in [-0.2, -0.15) is 0 Å². The van der Waals surface area contributed by atoms with Gasteiger partial charge in [-0.15, -0.1) is 0 Å². The van der Waals surface area contributed by atoms with E-state index in [4.69, 9.17) is 0 Å². The van der Waals surface area contributed by atoms with Crippen LogP contribution in [0.25, 0.3) is 16.7 Å². The highest BCUT2D eigenvalue weighted by Gasteiger charge is 2.14. The second kappa shape index (κ2) is 5.10. The average Bonchev–Trinajstić information content (AvgIpc) is 2.51. The summed E-state index contributed by atoms with van der Waals surface area (Å²) >= 11 is 0. The topological polar surface area (TPSA) is 34.1 Å². The minimum Gasteiger partial charge on any atom is -0.290 e. The van der Waals surface area contributed by atoms with E-state index in [2.05, 4.69) is 0 Å². The van der Waals surface area contributed by atoms with Crippen molar-refractivity contribution in [1.82, 2.24) is 0 Å². The molecule has 0 heterocycles. The molecule has 0 saturated heterocycles. The first-order chi connectivity index (χ1) is 9.74. The van der Waals surface area contributed by atoms with Crippen molar-refractivity contribution in [2.24, 2.45) is 0 Å². The van der Waals surface area contributed by atoms with E-state index < -0.39 is 0 Å². The monoisotopic (exact) mass is 260 g/mol. The van der Waals surface area contributed by atoms with Gasteiger partial charge in [-0.3, -0.25) is 9.59 Å². The molecule has 0 fully saturated rings. The molecule has 1 aliphatic carbocycles. The Bertz CT molecular complexity index is 720. The number of carbonyl (C=O) groups is 2. The van der Waals surface area contributed by atoms with E-state index in [1.807, 2.05) is 54.6 Å². The van der Waals surface area contributed by atoms with Crippen LogP contribution in [0.15, 0.2) is 72.8 Å². The lowest BCUT2D eigenvalue weighted by Crippen LogP contribution is -2.06. The van der Waals surface area contributed by atoms with Gasteiger partial charge in [0.25, 0.3) is 0 Å². The third-order valence-corrected chi connectivity index (χ3v) is 3.25. The van der Waals surface area contributed by atoms with Crippen LogP contribution in [0.1, 0.15) is 5.56 Å². The summed E-state index contributed by atoms with van der Waals surface area (Å²) in [6.07, 6.45) is 4.01. The highest BCUT2D eigenvalue weighted by atomic mass is 16.1. The fourth-order valence-corrected chi connectivity index (χ4v) is 2.21. The Labute approximate surface area is 117 Å². The lowest BCUT2D eigenvalue weighted by Gasteiger charge is -2.08. The molecule has 0 spiro atoms. The van der Waals surface area contributed by atoms with Gasteiger partial charge in [-0.1, -0.05) is 54.6 Å². The van der Waals surface area contributed by atoms with Crippen LogP contribution in [0.5, 0.6) is 0 Å². The van der Waals surface area contributed by atoms with Crippen molar-refractivity contribution in [3.63, 3.8) is 0 Å². The van der Waals surface area contributed by atoms with Gasteiger partial charge in [0.15, 0.2) is 11.6 Å². The largest absolute Gasteiger partial charge is 0.290 e. The number of ketones is 2. The zero-order chi connectivity index (χ0) is 13.9. The first-order valence-corrected chi connectivity index (χ1v) is 6.38. The van der Waals surface area contributed by atoms with Crippen molar-refractivity contribution < 1.29 is 9.59 Å². The average molecular weight is 260 g/mol. The molecule has 1 aliphatic rings. The number of benzene rings is 2. The Kier molecular flexibility index (Phi) is 3.13. The Morgan fingerprint density at radius 3 is 1.90 bits per heavy atom. The highest BCUT2D eigenvalue weighted by molar-refractivity contribution is 6.33. The first-order valence-electron chi connectivity index (χ1n) is 6.38. The molecular weight excluding hydrogens is 248 g/mol. The van der Waals surface area contributed by atoms with E-state index >= 15 is 0 Å². The van der Waals surface area contributed by atoms with E-state index in [0.29, 0.717) is 5.57 Å². The molecule has 0 saturated carbocycles. The summed E-state index contributed by atoms with van der Waals surface area (Å²) in [6.45, 7) is 0. The Morgan fingerprint density at radius 1 is 0.600 bits per heavy atom. The fraction of sp³-hybridized carbons (Fsp3) is 0. The van der Waals surface area contributed by atoms with Gasteiger partial charge in [0.2, 0.25) is 0 Å². The molecular formula is C18H12O2. The normalized spacial score (nSPS) is 14.3. The summed E-state index contributed by atoms with van der Waals surface area (Å²) in [5, 5.41) is 0. The van der Waals surface area contributed by atoms with Gasteiger partial charge in [0.1, 0.15) is 0 Å². The molecule has 0 radical (unpaired) electrons. The van der Waals surface area contributed by atoms with Crippen molar-refractivity contribution >= 4 is 17.1 Å². The molecule has 2 aromatic carbocycles. The van der Waals surface area contributed by atoms with Crippen molar-refractivity contribution in [2.45, 2.75) is 0 Å². The second-order valence-electron chi connectivity index (χ2n) is 4.60. The molecule has 0 N–H and O–H groups in total. The highest BCUT2D eigenvalue weighted by Crippen LogP contribution is 2.24. The van der Waals surface area contributed by atoms with Gasteiger partial charge in [0, 0.05) is 5.57 Å². The number of allylic oxidation sites excluding steroid dienone is 4. The molecule has 0 atom stereocenters. The van der Waals surface area contributed by atoms with Crippen molar-refractivity contribution in [2.75, 3.05) is 0 Å². The molecule has 20 heavy (non-hydrogen) atoms. The zero-order valence-electron chi connectivity index (χ0n) is 10.7. The Hall–Kier alpha value is -2.74. The van der Waals surface area contributed by atoms with Crippen LogP contribution < -0.4 is 0 Å². The first kappa shape index (κ1) is 12.3. The number of hydrogen-bond acceptors (Lipinski definition) is 2. The predicted octanol–water partition coefficient (Wildman–Crippen LogP) is 3.45. The smallest absolute Gasteiger partial charge is 0.186 e. The van der Waals surface area contributed by atoms with Crippen LogP contribution in [0.2, 0.25) is 0 Å². The molecule has 0 unspecified atom stereocenters. The molecule has 2 nitrogen and oxygen atoms in total. The van der Waals surface area contributed by atoms with Crippen LogP contribution in [0.3, 0.4) is 0 Å². The quantitative estimate of drug-likeness (QED) is 0.775. The van der Waals surface area contributed by atoms with Gasteiger partial charge in [0.05, 0.1) is 0 Å². The second-order valence-corrected chi connectivity index (χ2v) is 4.60. The van der Waals surface area contributed by atoms with Crippen molar-refractivity contribution in [1.29, 1.82) is 0 Å². The zero-order valence-corrected chi connectivity index (χ0v) is 10.7. The minimum atomic E-state index is -0.147. The van der Waals surface area contributed by atoms with E-state index in [0.717, 1.165) is 16.7 Å². The molecule has 2 heteroatoms. The van der Waals surface area contributed by atoms with Gasteiger partial charge in [-0.25, -0.2) is 0 Å². The van der Waals surface area contributed by atoms with Crippen LogP contribution in [-0.2, 0) is 9.59 Å². The lowest BCUT2D eigenvalue weighted by atomic mass is 9.94. The van der Waals surface area contributed by atoms with Gasteiger partial charge < -0.3 is 0 Å². The summed E-state index contributed by atoms with van der Waals surface area (Å²) in [6, 6.07) is 17.7. The van der Waals surface area contributed by atoms with Crippen LogP contribution in [0.4, 0.5) is 0 Å². The number of hydrogen-bond donors (Lipinski definition) is 0.